The van der Waals surface area contributed by atoms with E-state index in [9.17, 15) is 4.79 Å². The van der Waals surface area contributed by atoms with E-state index in [-0.39, 0.29) is 12.1 Å². The number of urea groups is 1. The van der Waals surface area contributed by atoms with Crippen molar-refractivity contribution in [3.63, 3.8) is 0 Å². The van der Waals surface area contributed by atoms with Gasteiger partial charge in [-0.15, -0.1) is 11.3 Å². The number of hydrogen-bond acceptors (Lipinski definition) is 3. The molecule has 1 fully saturated rings. The third-order valence-corrected chi connectivity index (χ3v) is 5.76. The largest absolute Gasteiger partial charge is 0.490 e. The van der Waals surface area contributed by atoms with Gasteiger partial charge in [0.25, 0.3) is 0 Å². The third-order valence-electron chi connectivity index (χ3n) is 4.35. The smallest absolute Gasteiger partial charge is 0.315 e. The minimum atomic E-state index is -0.191. The Morgan fingerprint density at radius 3 is 2.60 bits per heavy atom. The average molecular weight is 379 g/mol. The molecule has 0 saturated heterocycles. The van der Waals surface area contributed by atoms with Crippen molar-refractivity contribution < 1.29 is 9.53 Å². The van der Waals surface area contributed by atoms with Crippen molar-refractivity contribution in [3.05, 3.63) is 51.2 Å². The van der Waals surface area contributed by atoms with Gasteiger partial charge in [0.1, 0.15) is 5.75 Å². The van der Waals surface area contributed by atoms with Gasteiger partial charge in [-0.3, -0.25) is 0 Å². The van der Waals surface area contributed by atoms with Gasteiger partial charge in [-0.1, -0.05) is 23.7 Å². The van der Waals surface area contributed by atoms with Gasteiger partial charge in [0.05, 0.1) is 16.5 Å². The van der Waals surface area contributed by atoms with Gasteiger partial charge in [-0.25, -0.2) is 4.79 Å². The summed E-state index contributed by atoms with van der Waals surface area (Å²) in [5.74, 6) is 0.906. The van der Waals surface area contributed by atoms with E-state index < -0.39 is 0 Å². The highest BCUT2D eigenvalue weighted by Gasteiger charge is 2.16. The van der Waals surface area contributed by atoms with Crippen LogP contribution in [0.5, 0.6) is 5.75 Å². The predicted molar refractivity (Wildman–Crippen MR) is 102 cm³/mol. The standard InChI is InChI=1S/C19H23ClN2O2S/c1-13(17-10-11-18(20)25-17)22-19(23)21-12-14-6-8-16(9-7-14)24-15-4-2-3-5-15/h6-11,13,15H,2-5,12H2,1H3,(H2,21,22,23). The maximum atomic E-state index is 12.0. The van der Waals surface area contributed by atoms with Gasteiger partial charge in [0.15, 0.2) is 0 Å². The Morgan fingerprint density at radius 2 is 1.96 bits per heavy atom. The van der Waals surface area contributed by atoms with Crippen LogP contribution in [-0.4, -0.2) is 12.1 Å². The van der Waals surface area contributed by atoms with Crippen LogP contribution in [-0.2, 0) is 6.54 Å². The molecule has 1 saturated carbocycles. The number of hydrogen-bond donors (Lipinski definition) is 2. The first-order chi connectivity index (χ1) is 12.1. The lowest BCUT2D eigenvalue weighted by Crippen LogP contribution is -2.36. The highest BCUT2D eigenvalue weighted by Crippen LogP contribution is 2.26. The summed E-state index contributed by atoms with van der Waals surface area (Å²) in [5.41, 5.74) is 1.04. The Labute approximate surface area is 157 Å². The molecule has 1 unspecified atom stereocenters. The SMILES string of the molecule is CC(NC(=O)NCc1ccc(OC2CCCC2)cc1)c1ccc(Cl)s1. The number of thiophene rings is 1. The Kier molecular flexibility index (Phi) is 6.21. The van der Waals surface area contributed by atoms with E-state index in [1.54, 1.807) is 0 Å². The Balaban J connectivity index is 1.43. The lowest BCUT2D eigenvalue weighted by molar-refractivity contribution is 0.210. The zero-order valence-electron chi connectivity index (χ0n) is 14.3. The fraction of sp³-hybridized carbons (Fsp3) is 0.421. The molecule has 25 heavy (non-hydrogen) atoms. The van der Waals surface area contributed by atoms with Crippen LogP contribution in [0.25, 0.3) is 0 Å². The van der Waals surface area contributed by atoms with E-state index in [1.807, 2.05) is 43.3 Å². The first kappa shape index (κ1) is 18.1. The molecule has 1 heterocycles. The Hall–Kier alpha value is -1.72. The maximum Gasteiger partial charge on any atom is 0.315 e. The molecule has 0 bridgehead atoms. The molecule has 1 atom stereocenters. The fourth-order valence-electron chi connectivity index (χ4n) is 2.95. The van der Waals surface area contributed by atoms with Crippen molar-refractivity contribution in [1.29, 1.82) is 0 Å². The summed E-state index contributed by atoms with van der Waals surface area (Å²) in [5, 5.41) is 5.80. The molecule has 2 N–H and O–H groups in total. The summed E-state index contributed by atoms with van der Waals surface area (Å²) in [6.07, 6.45) is 5.19. The van der Waals surface area contributed by atoms with E-state index in [1.165, 1.54) is 24.2 Å². The molecule has 134 valence electrons. The van der Waals surface area contributed by atoms with Gasteiger partial charge >= 0.3 is 6.03 Å². The predicted octanol–water partition coefficient (Wildman–Crippen LogP) is 5.28. The average Bonchev–Trinajstić information content (AvgIpc) is 3.26. The van der Waals surface area contributed by atoms with E-state index in [4.69, 9.17) is 16.3 Å². The number of halogens is 1. The Morgan fingerprint density at radius 1 is 1.24 bits per heavy atom. The van der Waals surface area contributed by atoms with Crippen molar-refractivity contribution in [1.82, 2.24) is 10.6 Å². The number of nitrogens with one attached hydrogen (secondary N) is 2. The van der Waals surface area contributed by atoms with Crippen molar-refractivity contribution in [2.75, 3.05) is 0 Å². The van der Waals surface area contributed by atoms with E-state index in [2.05, 4.69) is 10.6 Å². The zero-order valence-corrected chi connectivity index (χ0v) is 15.8. The van der Waals surface area contributed by atoms with Gasteiger partial charge in [0, 0.05) is 11.4 Å². The second kappa shape index (κ2) is 8.59. The molecule has 2 aromatic rings. The van der Waals surface area contributed by atoms with Crippen LogP contribution in [0.2, 0.25) is 4.34 Å². The molecule has 3 rings (SSSR count). The van der Waals surface area contributed by atoms with Gasteiger partial charge in [-0.2, -0.15) is 0 Å². The molecule has 1 aromatic carbocycles. The zero-order chi connectivity index (χ0) is 17.6. The van der Waals surface area contributed by atoms with E-state index in [0.717, 1.165) is 33.4 Å². The van der Waals surface area contributed by atoms with Crippen LogP contribution < -0.4 is 15.4 Å². The summed E-state index contributed by atoms with van der Waals surface area (Å²) >= 11 is 7.40. The number of benzene rings is 1. The first-order valence-electron chi connectivity index (χ1n) is 8.65. The minimum absolute atomic E-state index is 0.0697. The molecule has 1 aromatic heterocycles. The van der Waals surface area contributed by atoms with E-state index in [0.29, 0.717) is 12.6 Å². The molecule has 6 heteroatoms. The second-order valence-corrected chi connectivity index (χ2v) is 8.11. The quantitative estimate of drug-likeness (QED) is 0.718. The first-order valence-corrected chi connectivity index (χ1v) is 9.85. The number of rotatable bonds is 6. The second-order valence-electron chi connectivity index (χ2n) is 6.36. The minimum Gasteiger partial charge on any atom is -0.490 e. The molecule has 2 amide bonds. The third kappa shape index (κ3) is 5.38. The maximum absolute atomic E-state index is 12.0. The van der Waals surface area contributed by atoms with Crippen LogP contribution in [0.4, 0.5) is 4.79 Å². The molecular formula is C19H23ClN2O2S. The topological polar surface area (TPSA) is 50.4 Å². The van der Waals surface area contributed by atoms with Gasteiger partial charge < -0.3 is 15.4 Å². The van der Waals surface area contributed by atoms with Gasteiger partial charge in [-0.05, 0) is 62.4 Å². The van der Waals surface area contributed by atoms with Crippen molar-refractivity contribution in [2.45, 2.75) is 51.3 Å². The molecule has 1 aliphatic rings. The molecule has 4 nitrogen and oxygen atoms in total. The number of carbonyl (C=O) groups is 1. The van der Waals surface area contributed by atoms with Crippen molar-refractivity contribution >= 4 is 29.0 Å². The van der Waals surface area contributed by atoms with Crippen LogP contribution in [0.1, 0.15) is 49.1 Å². The van der Waals surface area contributed by atoms with Crippen LogP contribution in [0, 0.1) is 0 Å². The highest BCUT2D eigenvalue weighted by molar-refractivity contribution is 7.16. The summed E-state index contributed by atoms with van der Waals surface area (Å²) in [7, 11) is 0. The summed E-state index contributed by atoms with van der Waals surface area (Å²) < 4.78 is 6.68. The normalized spacial score (nSPS) is 15.8. The van der Waals surface area contributed by atoms with Crippen LogP contribution >= 0.6 is 22.9 Å². The number of carbonyl (C=O) groups excluding carboxylic acids is 1. The lowest BCUT2D eigenvalue weighted by atomic mass is 10.2. The van der Waals surface area contributed by atoms with E-state index >= 15 is 0 Å². The summed E-state index contributed by atoms with van der Waals surface area (Å²) in [4.78, 5) is 13.1. The monoisotopic (exact) mass is 378 g/mol. The summed E-state index contributed by atoms with van der Waals surface area (Å²) in [6.45, 7) is 2.42. The molecule has 0 spiro atoms. The number of amides is 2. The Bertz CT molecular complexity index is 696. The molecule has 1 aliphatic carbocycles. The molecule has 0 radical (unpaired) electrons. The number of ether oxygens (including phenoxy) is 1. The molecule has 0 aliphatic heterocycles. The van der Waals surface area contributed by atoms with Crippen molar-refractivity contribution in [2.24, 2.45) is 0 Å². The van der Waals surface area contributed by atoms with Gasteiger partial charge in [0.2, 0.25) is 0 Å². The molecular weight excluding hydrogens is 356 g/mol. The van der Waals surface area contributed by atoms with Crippen molar-refractivity contribution in [3.8, 4) is 5.75 Å². The highest BCUT2D eigenvalue weighted by atomic mass is 35.5. The summed E-state index contributed by atoms with van der Waals surface area (Å²) in [6, 6.07) is 11.4. The van der Waals surface area contributed by atoms with Crippen LogP contribution in [0.15, 0.2) is 36.4 Å². The van der Waals surface area contributed by atoms with Crippen LogP contribution in [0.3, 0.4) is 0 Å². The lowest BCUT2D eigenvalue weighted by Gasteiger charge is -2.14. The fourth-order valence-corrected chi connectivity index (χ4v) is 4.01.